The van der Waals surface area contributed by atoms with Gasteiger partial charge in [-0.25, -0.2) is 13.2 Å². The highest BCUT2D eigenvalue weighted by Crippen LogP contribution is 2.41. The quantitative estimate of drug-likeness (QED) is 0.204. The summed E-state index contributed by atoms with van der Waals surface area (Å²) >= 11 is 5.56. The largest absolute Gasteiger partial charge is 0.206 e. The van der Waals surface area contributed by atoms with E-state index in [4.69, 9.17) is 11.6 Å². The predicted molar refractivity (Wildman–Crippen MR) is 117 cm³/mol. The van der Waals surface area contributed by atoms with Gasteiger partial charge in [-0.15, -0.1) is 0 Å². The van der Waals surface area contributed by atoms with Gasteiger partial charge in [0.25, 0.3) is 0 Å². The minimum Gasteiger partial charge on any atom is -0.206 e. The Bertz CT molecular complexity index is 1060. The minimum absolute atomic E-state index is 0.151. The summed E-state index contributed by atoms with van der Waals surface area (Å²) in [5, 5.41) is -0.574. The van der Waals surface area contributed by atoms with E-state index in [1.807, 2.05) is 0 Å². The van der Waals surface area contributed by atoms with Crippen molar-refractivity contribution in [3.05, 3.63) is 81.6 Å². The van der Waals surface area contributed by atoms with E-state index in [2.05, 4.69) is 25.1 Å². The van der Waals surface area contributed by atoms with Gasteiger partial charge < -0.3 is 0 Å². The number of hydrogen-bond acceptors (Lipinski definition) is 0. The molecule has 0 spiro atoms. The number of halogens is 4. The average Bonchev–Trinajstić information content (AvgIpc) is 3.07. The monoisotopic (exact) mass is 428 g/mol. The molecule has 1 aliphatic rings. The first-order valence-electron chi connectivity index (χ1n) is 10.6. The molecule has 156 valence electrons. The van der Waals surface area contributed by atoms with Gasteiger partial charge in [-0.05, 0) is 76.9 Å². The van der Waals surface area contributed by atoms with Gasteiger partial charge in [0.15, 0.2) is 0 Å². The van der Waals surface area contributed by atoms with Crippen molar-refractivity contribution < 1.29 is 13.2 Å². The summed E-state index contributed by atoms with van der Waals surface area (Å²) < 4.78 is 42.6. The topological polar surface area (TPSA) is 0 Å². The number of fused-ring (bicyclic) bond motifs is 3. The summed E-state index contributed by atoms with van der Waals surface area (Å²) in [6, 6.07) is 11.8. The second-order valence-electron chi connectivity index (χ2n) is 8.08. The maximum atomic E-state index is 14.9. The molecule has 0 unspecified atom stereocenters. The number of unbranched alkanes of at least 4 members (excludes halogenated alkanes) is 4. The van der Waals surface area contributed by atoms with Gasteiger partial charge in [-0.2, -0.15) is 0 Å². The Balaban J connectivity index is 1.58. The standard InChI is InChI=1S/C26H24ClF3/c1-2-3-4-5-6-7-16-8-9-20-17(10-16)11-18-12-22(23(28)15-21(18)20)19-13-24(29)26(27)25(30)14-19/h8-10,12-15H,2-7,11H2,1H3. The second kappa shape index (κ2) is 8.85. The molecule has 4 heteroatoms. The van der Waals surface area contributed by atoms with Crippen LogP contribution in [0.3, 0.4) is 0 Å². The molecule has 3 aromatic rings. The van der Waals surface area contributed by atoms with Crippen molar-refractivity contribution in [3.63, 3.8) is 0 Å². The third-order valence-electron chi connectivity index (χ3n) is 5.90. The molecule has 0 saturated carbocycles. The predicted octanol–water partition coefficient (Wildman–Crippen LogP) is 8.51. The normalized spacial score (nSPS) is 12.2. The third kappa shape index (κ3) is 4.13. The van der Waals surface area contributed by atoms with Gasteiger partial charge in [-0.1, -0.05) is 62.4 Å². The lowest BCUT2D eigenvalue weighted by Gasteiger charge is -2.09. The van der Waals surface area contributed by atoms with Crippen LogP contribution in [0.1, 0.15) is 55.7 Å². The number of hydrogen-bond donors (Lipinski definition) is 0. The fourth-order valence-electron chi connectivity index (χ4n) is 4.30. The van der Waals surface area contributed by atoms with Gasteiger partial charge in [0.05, 0.1) is 0 Å². The Morgan fingerprint density at radius 3 is 2.17 bits per heavy atom. The molecule has 0 aliphatic heterocycles. The Kier molecular flexibility index (Phi) is 6.19. The molecular weight excluding hydrogens is 405 g/mol. The van der Waals surface area contributed by atoms with Crippen molar-refractivity contribution in [1.82, 2.24) is 0 Å². The smallest absolute Gasteiger partial charge is 0.145 e. The minimum atomic E-state index is -0.890. The lowest BCUT2D eigenvalue weighted by atomic mass is 9.97. The van der Waals surface area contributed by atoms with E-state index in [9.17, 15) is 13.2 Å². The van der Waals surface area contributed by atoms with E-state index in [0.717, 1.165) is 35.2 Å². The molecule has 0 nitrogen and oxygen atoms in total. The first kappa shape index (κ1) is 21.0. The highest BCUT2D eigenvalue weighted by Gasteiger charge is 2.22. The van der Waals surface area contributed by atoms with Crippen LogP contribution in [-0.2, 0) is 12.8 Å². The summed E-state index contributed by atoms with van der Waals surface area (Å²) in [5.74, 6) is -2.28. The van der Waals surface area contributed by atoms with Crippen LogP contribution in [0.25, 0.3) is 22.3 Å². The van der Waals surface area contributed by atoms with Gasteiger partial charge in [-0.3, -0.25) is 0 Å². The maximum Gasteiger partial charge on any atom is 0.145 e. The second-order valence-corrected chi connectivity index (χ2v) is 8.45. The molecule has 0 aromatic heterocycles. The molecular formula is C26H24ClF3. The SMILES string of the molecule is CCCCCCCc1ccc2c(c1)Cc1cc(-c3cc(F)c(Cl)c(F)c3)c(F)cc1-2. The molecule has 4 rings (SSSR count). The van der Waals surface area contributed by atoms with Gasteiger partial charge in [0.1, 0.15) is 22.5 Å². The van der Waals surface area contributed by atoms with Crippen LogP contribution in [0, 0.1) is 17.5 Å². The first-order valence-corrected chi connectivity index (χ1v) is 10.9. The zero-order valence-corrected chi connectivity index (χ0v) is 17.8. The van der Waals surface area contributed by atoms with E-state index in [1.165, 1.54) is 49.3 Å². The molecule has 3 aromatic carbocycles. The van der Waals surface area contributed by atoms with Crippen molar-refractivity contribution in [3.8, 4) is 22.3 Å². The van der Waals surface area contributed by atoms with Gasteiger partial charge in [0, 0.05) is 5.56 Å². The van der Waals surface area contributed by atoms with E-state index >= 15 is 0 Å². The Morgan fingerprint density at radius 1 is 0.733 bits per heavy atom. The van der Waals surface area contributed by atoms with E-state index in [-0.39, 0.29) is 11.1 Å². The van der Waals surface area contributed by atoms with Crippen LogP contribution in [0.4, 0.5) is 13.2 Å². The third-order valence-corrected chi connectivity index (χ3v) is 6.26. The Hall–Kier alpha value is -2.26. The van der Waals surface area contributed by atoms with Crippen LogP contribution in [0.15, 0.2) is 42.5 Å². The molecule has 0 bridgehead atoms. The number of benzene rings is 3. The molecule has 0 N–H and O–H groups in total. The summed E-state index contributed by atoms with van der Waals surface area (Å²) in [5.41, 5.74) is 5.69. The van der Waals surface area contributed by atoms with Gasteiger partial charge in [0.2, 0.25) is 0 Å². The molecule has 1 aliphatic carbocycles. The molecule has 0 fully saturated rings. The van der Waals surface area contributed by atoms with E-state index < -0.39 is 22.5 Å². The number of aryl methyl sites for hydroxylation is 1. The summed E-state index contributed by atoms with van der Waals surface area (Å²) in [6.45, 7) is 2.21. The van der Waals surface area contributed by atoms with Crippen molar-refractivity contribution >= 4 is 11.6 Å². The molecule has 0 amide bonds. The molecule has 30 heavy (non-hydrogen) atoms. The average molecular weight is 429 g/mol. The summed E-state index contributed by atoms with van der Waals surface area (Å²) in [6.07, 6.45) is 7.98. The van der Waals surface area contributed by atoms with Crippen LogP contribution >= 0.6 is 11.6 Å². The van der Waals surface area contributed by atoms with Crippen molar-refractivity contribution in [1.29, 1.82) is 0 Å². The van der Waals surface area contributed by atoms with E-state index in [1.54, 1.807) is 6.07 Å². The molecule has 0 radical (unpaired) electrons. The highest BCUT2D eigenvalue weighted by molar-refractivity contribution is 6.31. The zero-order valence-electron chi connectivity index (χ0n) is 17.0. The fourth-order valence-corrected chi connectivity index (χ4v) is 4.41. The Labute approximate surface area is 180 Å². The molecule has 0 heterocycles. The highest BCUT2D eigenvalue weighted by atomic mass is 35.5. The first-order chi connectivity index (χ1) is 14.5. The van der Waals surface area contributed by atoms with Crippen LogP contribution in [0.5, 0.6) is 0 Å². The lowest BCUT2D eigenvalue weighted by molar-refractivity contribution is 0.584. The van der Waals surface area contributed by atoms with E-state index in [0.29, 0.717) is 6.42 Å². The van der Waals surface area contributed by atoms with Crippen molar-refractivity contribution in [2.24, 2.45) is 0 Å². The summed E-state index contributed by atoms with van der Waals surface area (Å²) in [7, 11) is 0. The fraction of sp³-hybridized carbons (Fsp3) is 0.308. The zero-order chi connectivity index (χ0) is 21.3. The number of rotatable bonds is 7. The van der Waals surface area contributed by atoms with Gasteiger partial charge >= 0.3 is 0 Å². The molecule has 0 atom stereocenters. The van der Waals surface area contributed by atoms with Crippen LogP contribution in [0.2, 0.25) is 5.02 Å². The van der Waals surface area contributed by atoms with Crippen molar-refractivity contribution in [2.45, 2.75) is 51.9 Å². The summed E-state index contributed by atoms with van der Waals surface area (Å²) in [4.78, 5) is 0. The van der Waals surface area contributed by atoms with Crippen LogP contribution in [-0.4, -0.2) is 0 Å². The molecule has 0 saturated heterocycles. The maximum absolute atomic E-state index is 14.9. The van der Waals surface area contributed by atoms with Crippen molar-refractivity contribution in [2.75, 3.05) is 0 Å². The van der Waals surface area contributed by atoms with Crippen LogP contribution < -0.4 is 0 Å². The lowest BCUT2D eigenvalue weighted by Crippen LogP contribution is -1.92. The Morgan fingerprint density at radius 2 is 1.43 bits per heavy atom.